The van der Waals surface area contributed by atoms with Crippen molar-refractivity contribution in [3.05, 3.63) is 290 Å². The van der Waals surface area contributed by atoms with E-state index in [1.165, 1.54) is 98.4 Å². The zero-order valence-electron chi connectivity index (χ0n) is 42.5. The summed E-state index contributed by atoms with van der Waals surface area (Å²) in [6.07, 6.45) is 0. The summed E-state index contributed by atoms with van der Waals surface area (Å²) in [6, 6.07) is 103. The van der Waals surface area contributed by atoms with Gasteiger partial charge in [-0.3, -0.25) is 0 Å². The third kappa shape index (κ3) is 7.74. The predicted octanol–water partition coefficient (Wildman–Crippen LogP) is 21.1. The molecule has 0 saturated carbocycles. The lowest BCUT2D eigenvalue weighted by Crippen LogP contribution is -2.13. The molecule has 0 unspecified atom stereocenters. The minimum Gasteiger partial charge on any atom is -0.309 e. The van der Waals surface area contributed by atoms with Gasteiger partial charge in [-0.25, -0.2) is 0 Å². The summed E-state index contributed by atoms with van der Waals surface area (Å²) in [7, 11) is 0. The van der Waals surface area contributed by atoms with E-state index < -0.39 is 0 Å². The van der Waals surface area contributed by atoms with Crippen molar-refractivity contribution in [2.75, 3.05) is 9.80 Å². The first-order valence-electron chi connectivity index (χ1n) is 26.3. The molecule has 0 atom stereocenters. The van der Waals surface area contributed by atoms with Crippen LogP contribution >= 0.6 is 0 Å². The van der Waals surface area contributed by atoms with Gasteiger partial charge in [0, 0.05) is 43.7 Å². The van der Waals surface area contributed by atoms with Gasteiger partial charge in [-0.2, -0.15) is 0 Å². The van der Waals surface area contributed by atoms with Crippen molar-refractivity contribution in [3.8, 4) is 44.5 Å². The Labute approximate surface area is 444 Å². The molecular weight excluding hydrogens is 917 g/mol. The summed E-state index contributed by atoms with van der Waals surface area (Å²) >= 11 is 0. The molecule has 0 heterocycles. The van der Waals surface area contributed by atoms with Crippen molar-refractivity contribution in [2.45, 2.75) is 13.8 Å². The Morgan fingerprint density at radius 1 is 0.224 bits per heavy atom. The second kappa shape index (κ2) is 18.6. The molecule has 14 rings (SSSR count). The third-order valence-electron chi connectivity index (χ3n) is 15.5. The monoisotopic (exact) mass is 968 g/mol. The Morgan fingerprint density at radius 2 is 0.579 bits per heavy atom. The van der Waals surface area contributed by atoms with E-state index in [-0.39, 0.29) is 0 Å². The highest BCUT2D eigenvalue weighted by Gasteiger charge is 2.27. The number of anilines is 6. The van der Waals surface area contributed by atoms with Crippen LogP contribution in [-0.2, 0) is 0 Å². The molecule has 0 radical (unpaired) electrons. The Kier molecular flexibility index (Phi) is 11.0. The van der Waals surface area contributed by atoms with Gasteiger partial charge in [0.05, 0.1) is 22.7 Å². The van der Waals surface area contributed by atoms with Gasteiger partial charge in [0.15, 0.2) is 0 Å². The first-order valence-corrected chi connectivity index (χ1v) is 26.3. The van der Waals surface area contributed by atoms with Crippen LogP contribution in [0.1, 0.15) is 11.1 Å². The molecule has 0 bridgehead atoms. The molecular formula is C74H52N2. The highest BCUT2D eigenvalue weighted by atomic mass is 15.2. The van der Waals surface area contributed by atoms with Crippen LogP contribution in [0.2, 0.25) is 0 Å². The van der Waals surface area contributed by atoms with E-state index in [9.17, 15) is 0 Å². The minimum absolute atomic E-state index is 1.09. The van der Waals surface area contributed by atoms with Crippen molar-refractivity contribution in [1.29, 1.82) is 0 Å². The molecule has 2 nitrogen and oxygen atoms in total. The van der Waals surface area contributed by atoms with Gasteiger partial charge in [-0.15, -0.1) is 0 Å². The molecule has 2 heteroatoms. The largest absolute Gasteiger partial charge is 0.309 e. The summed E-state index contributed by atoms with van der Waals surface area (Å²) in [4.78, 5) is 5.05. The lowest BCUT2D eigenvalue weighted by atomic mass is 9.85. The maximum absolute atomic E-state index is 2.53. The fraction of sp³-hybridized carbons (Fsp3) is 0.0270. The van der Waals surface area contributed by atoms with E-state index in [1.807, 2.05) is 0 Å². The van der Waals surface area contributed by atoms with E-state index >= 15 is 0 Å². The molecule has 14 aromatic rings. The Balaban J connectivity index is 1.14. The van der Waals surface area contributed by atoms with Crippen LogP contribution < -0.4 is 9.80 Å². The van der Waals surface area contributed by atoms with E-state index in [4.69, 9.17) is 0 Å². The van der Waals surface area contributed by atoms with Crippen molar-refractivity contribution in [1.82, 2.24) is 0 Å². The zero-order chi connectivity index (χ0) is 50.7. The van der Waals surface area contributed by atoms with Crippen LogP contribution in [0.3, 0.4) is 0 Å². The summed E-state index contributed by atoms with van der Waals surface area (Å²) < 4.78 is 0. The minimum atomic E-state index is 1.09. The van der Waals surface area contributed by atoms with Crippen LogP contribution in [0, 0.1) is 13.8 Å². The van der Waals surface area contributed by atoms with Gasteiger partial charge in [-0.1, -0.05) is 242 Å². The van der Waals surface area contributed by atoms with Crippen molar-refractivity contribution >= 4 is 88.0 Å². The lowest BCUT2D eigenvalue weighted by Gasteiger charge is -2.32. The smallest absolute Gasteiger partial charge is 0.0547 e. The maximum Gasteiger partial charge on any atom is 0.0547 e. The van der Waals surface area contributed by atoms with Gasteiger partial charge in [0.1, 0.15) is 0 Å². The molecule has 358 valence electrons. The molecule has 14 aromatic carbocycles. The first kappa shape index (κ1) is 44.9. The van der Waals surface area contributed by atoms with Crippen molar-refractivity contribution < 1.29 is 0 Å². The summed E-state index contributed by atoms with van der Waals surface area (Å²) in [6.45, 7) is 4.35. The van der Waals surface area contributed by atoms with E-state index in [0.717, 1.165) is 45.3 Å². The molecule has 0 aromatic heterocycles. The van der Waals surface area contributed by atoms with Crippen LogP contribution in [0.5, 0.6) is 0 Å². The van der Waals surface area contributed by atoms with Crippen LogP contribution in [-0.4, -0.2) is 0 Å². The molecule has 0 spiro atoms. The average Bonchev–Trinajstić information content (AvgIpc) is 3.53. The molecule has 76 heavy (non-hydrogen) atoms. The van der Waals surface area contributed by atoms with Gasteiger partial charge in [-0.05, 0) is 128 Å². The number of rotatable bonds is 10. The lowest BCUT2D eigenvalue weighted by molar-refractivity contribution is 1.31. The van der Waals surface area contributed by atoms with Crippen LogP contribution in [0.15, 0.2) is 279 Å². The van der Waals surface area contributed by atoms with Crippen LogP contribution in [0.4, 0.5) is 34.1 Å². The Morgan fingerprint density at radius 3 is 1.01 bits per heavy atom. The molecule has 0 aliphatic rings. The molecule has 0 amide bonds. The standard InChI is InChI=1S/C74H52N2/c1-49-33-37-55(38-34-49)67-47-71(75(69-31-15-23-53-21-9-11-29-61(53)69)59-27-13-25-57(45-59)51-17-5-3-6-18-51)65-44-42-64-68(56-39-35-50(2)36-40-56)48-72(66-43-41-63(67)73(65)74(64)66)76(70-32-16-24-54-22-10-12-30-62(54)70)60-28-14-26-58(46-60)52-19-7-4-8-20-52/h3-48H,1-2H3. The number of hydrogen-bond acceptors (Lipinski definition) is 2. The summed E-state index contributed by atoms with van der Waals surface area (Å²) in [5.74, 6) is 0. The van der Waals surface area contributed by atoms with E-state index in [1.54, 1.807) is 0 Å². The Bertz CT molecular complexity index is 4160. The maximum atomic E-state index is 2.53. The van der Waals surface area contributed by atoms with Gasteiger partial charge >= 0.3 is 0 Å². The summed E-state index contributed by atoms with van der Waals surface area (Å²) in [5, 5.41) is 12.0. The normalized spacial score (nSPS) is 11.6. The number of fused-ring (bicyclic) bond motifs is 2. The summed E-state index contributed by atoms with van der Waals surface area (Å²) in [5.41, 5.74) is 18.5. The van der Waals surface area contributed by atoms with Gasteiger partial charge in [0.25, 0.3) is 0 Å². The molecule has 0 aliphatic heterocycles. The number of aryl methyl sites for hydroxylation is 2. The molecule has 0 N–H and O–H groups in total. The highest BCUT2D eigenvalue weighted by Crippen LogP contribution is 2.53. The first-order chi connectivity index (χ1) is 37.5. The predicted molar refractivity (Wildman–Crippen MR) is 326 cm³/mol. The Hall–Kier alpha value is -9.76. The topological polar surface area (TPSA) is 6.48 Å². The van der Waals surface area contributed by atoms with E-state index in [2.05, 4.69) is 303 Å². The SMILES string of the molecule is Cc1ccc(-c2cc(N(c3cccc(-c4ccccc4)c3)c3cccc4ccccc34)c3ccc4c(-c5ccc(C)cc5)cc(N(c5cccc(-c6ccccc6)c5)c5cccc6ccccc56)c5ccc2c3c45)cc1. The molecule has 0 saturated heterocycles. The van der Waals surface area contributed by atoms with Gasteiger partial charge < -0.3 is 9.80 Å². The third-order valence-corrected chi connectivity index (χ3v) is 15.5. The quantitative estimate of drug-likeness (QED) is 0.126. The highest BCUT2D eigenvalue weighted by molar-refractivity contribution is 6.33. The number of nitrogens with zero attached hydrogens (tertiary/aromatic N) is 2. The number of benzene rings is 14. The fourth-order valence-corrected chi connectivity index (χ4v) is 11.8. The van der Waals surface area contributed by atoms with Gasteiger partial charge in [0.2, 0.25) is 0 Å². The molecule has 0 aliphatic carbocycles. The second-order valence-corrected chi connectivity index (χ2v) is 20.2. The van der Waals surface area contributed by atoms with Crippen molar-refractivity contribution in [3.63, 3.8) is 0 Å². The molecule has 0 fully saturated rings. The average molecular weight is 969 g/mol. The van der Waals surface area contributed by atoms with Crippen LogP contribution in [0.25, 0.3) is 98.4 Å². The number of hydrogen-bond donors (Lipinski definition) is 0. The van der Waals surface area contributed by atoms with E-state index in [0.29, 0.717) is 0 Å². The zero-order valence-corrected chi connectivity index (χ0v) is 42.5. The van der Waals surface area contributed by atoms with Crippen molar-refractivity contribution in [2.24, 2.45) is 0 Å². The second-order valence-electron chi connectivity index (χ2n) is 20.2. The fourth-order valence-electron chi connectivity index (χ4n) is 11.8.